The SMILES string of the molecule is Cc1nnc(-c2cccc(Cl)c2)nc1N1CCOCC1. The first-order valence-electron chi connectivity index (χ1n) is 6.54. The summed E-state index contributed by atoms with van der Waals surface area (Å²) in [4.78, 5) is 6.83. The number of hydrogen-bond donors (Lipinski definition) is 0. The Balaban J connectivity index is 1.97. The van der Waals surface area contributed by atoms with Gasteiger partial charge in [-0.3, -0.25) is 0 Å². The Morgan fingerprint density at radius 1 is 1.20 bits per heavy atom. The molecule has 6 heteroatoms. The van der Waals surface area contributed by atoms with Gasteiger partial charge in [-0.15, -0.1) is 10.2 Å². The van der Waals surface area contributed by atoms with E-state index in [1.54, 1.807) is 0 Å². The molecule has 2 heterocycles. The van der Waals surface area contributed by atoms with Gasteiger partial charge in [-0.25, -0.2) is 4.98 Å². The Bertz CT molecular complexity index is 614. The summed E-state index contributed by atoms with van der Waals surface area (Å²) in [6.07, 6.45) is 0. The van der Waals surface area contributed by atoms with Gasteiger partial charge in [-0.1, -0.05) is 23.7 Å². The maximum Gasteiger partial charge on any atom is 0.183 e. The van der Waals surface area contributed by atoms with Gasteiger partial charge >= 0.3 is 0 Å². The lowest BCUT2D eigenvalue weighted by Gasteiger charge is -2.28. The molecule has 0 atom stereocenters. The lowest BCUT2D eigenvalue weighted by molar-refractivity contribution is 0.122. The number of aromatic nitrogens is 3. The Labute approximate surface area is 122 Å². The van der Waals surface area contributed by atoms with Gasteiger partial charge in [0.05, 0.1) is 13.2 Å². The van der Waals surface area contributed by atoms with Crippen LogP contribution in [0.4, 0.5) is 5.82 Å². The fourth-order valence-electron chi connectivity index (χ4n) is 2.20. The van der Waals surface area contributed by atoms with Crippen molar-refractivity contribution >= 4 is 17.4 Å². The predicted molar refractivity (Wildman–Crippen MR) is 78.0 cm³/mol. The second-order valence-electron chi connectivity index (χ2n) is 4.65. The number of benzene rings is 1. The normalized spacial score (nSPS) is 15.4. The standard InChI is InChI=1S/C14H15ClN4O/c1-10-14(19-5-7-20-8-6-19)16-13(18-17-10)11-3-2-4-12(15)9-11/h2-4,9H,5-8H2,1H3. The molecule has 0 saturated carbocycles. The van der Waals surface area contributed by atoms with Crippen LogP contribution in [0, 0.1) is 6.92 Å². The van der Waals surface area contributed by atoms with Gasteiger partial charge in [0.25, 0.3) is 0 Å². The monoisotopic (exact) mass is 290 g/mol. The molecule has 1 saturated heterocycles. The summed E-state index contributed by atoms with van der Waals surface area (Å²) >= 11 is 6.01. The molecule has 0 N–H and O–H groups in total. The van der Waals surface area contributed by atoms with E-state index >= 15 is 0 Å². The molecule has 2 aromatic rings. The average Bonchev–Trinajstić information content (AvgIpc) is 2.48. The number of anilines is 1. The zero-order chi connectivity index (χ0) is 13.9. The molecule has 0 radical (unpaired) electrons. The van der Waals surface area contributed by atoms with Crippen LogP contribution < -0.4 is 4.90 Å². The number of halogens is 1. The molecular formula is C14H15ClN4O. The molecule has 0 spiro atoms. The van der Waals surface area contributed by atoms with E-state index in [1.165, 1.54) is 0 Å². The molecule has 1 aromatic carbocycles. The van der Waals surface area contributed by atoms with Gasteiger partial charge in [0, 0.05) is 23.7 Å². The van der Waals surface area contributed by atoms with Crippen molar-refractivity contribution in [3.05, 3.63) is 35.0 Å². The zero-order valence-electron chi connectivity index (χ0n) is 11.2. The van der Waals surface area contributed by atoms with Gasteiger partial charge in [0.15, 0.2) is 11.6 Å². The highest BCUT2D eigenvalue weighted by Gasteiger charge is 2.17. The Kier molecular flexibility index (Phi) is 3.80. The predicted octanol–water partition coefficient (Wildman–Crippen LogP) is 2.34. The number of hydrogen-bond acceptors (Lipinski definition) is 5. The van der Waals surface area contributed by atoms with Crippen molar-refractivity contribution in [3.63, 3.8) is 0 Å². The molecule has 104 valence electrons. The Morgan fingerprint density at radius 3 is 2.75 bits per heavy atom. The molecule has 1 aromatic heterocycles. The van der Waals surface area contributed by atoms with E-state index in [1.807, 2.05) is 31.2 Å². The van der Waals surface area contributed by atoms with Crippen LogP contribution in [0.5, 0.6) is 0 Å². The number of aryl methyl sites for hydroxylation is 1. The van der Waals surface area contributed by atoms with Crippen LogP contribution in [0.15, 0.2) is 24.3 Å². The van der Waals surface area contributed by atoms with Crippen molar-refractivity contribution in [2.75, 3.05) is 31.2 Å². The minimum atomic E-state index is 0.597. The summed E-state index contributed by atoms with van der Waals surface area (Å²) in [5, 5.41) is 9.06. The fourth-order valence-corrected chi connectivity index (χ4v) is 2.39. The maximum atomic E-state index is 6.01. The summed E-state index contributed by atoms with van der Waals surface area (Å²) in [6.45, 7) is 5.02. The van der Waals surface area contributed by atoms with E-state index in [-0.39, 0.29) is 0 Å². The first-order valence-corrected chi connectivity index (χ1v) is 6.92. The molecule has 5 nitrogen and oxygen atoms in total. The second-order valence-corrected chi connectivity index (χ2v) is 5.09. The molecule has 0 bridgehead atoms. The van der Waals surface area contributed by atoms with E-state index in [9.17, 15) is 0 Å². The van der Waals surface area contributed by atoms with Crippen molar-refractivity contribution in [1.82, 2.24) is 15.2 Å². The van der Waals surface area contributed by atoms with E-state index in [0.29, 0.717) is 10.8 Å². The third-order valence-corrected chi connectivity index (χ3v) is 3.46. The average molecular weight is 291 g/mol. The van der Waals surface area contributed by atoms with E-state index in [2.05, 4.69) is 20.1 Å². The van der Waals surface area contributed by atoms with Crippen molar-refractivity contribution in [1.29, 1.82) is 0 Å². The third-order valence-electron chi connectivity index (χ3n) is 3.22. The lowest BCUT2D eigenvalue weighted by Crippen LogP contribution is -2.37. The molecule has 1 fully saturated rings. The van der Waals surface area contributed by atoms with E-state index < -0.39 is 0 Å². The smallest absolute Gasteiger partial charge is 0.183 e. The third kappa shape index (κ3) is 2.73. The number of ether oxygens (including phenoxy) is 1. The Hall–Kier alpha value is -1.72. The van der Waals surface area contributed by atoms with Crippen LogP contribution in [0.2, 0.25) is 5.02 Å². The van der Waals surface area contributed by atoms with Crippen molar-refractivity contribution < 1.29 is 4.74 Å². The fraction of sp³-hybridized carbons (Fsp3) is 0.357. The summed E-state index contributed by atoms with van der Waals surface area (Å²) in [5.74, 6) is 1.47. The van der Waals surface area contributed by atoms with E-state index in [0.717, 1.165) is 43.4 Å². The minimum Gasteiger partial charge on any atom is -0.378 e. The second kappa shape index (κ2) is 5.73. The highest BCUT2D eigenvalue weighted by molar-refractivity contribution is 6.30. The van der Waals surface area contributed by atoms with Gasteiger partial charge in [-0.2, -0.15) is 0 Å². The van der Waals surface area contributed by atoms with Crippen molar-refractivity contribution in [3.8, 4) is 11.4 Å². The number of nitrogens with zero attached hydrogens (tertiary/aromatic N) is 4. The largest absolute Gasteiger partial charge is 0.378 e. The number of morpholine rings is 1. The van der Waals surface area contributed by atoms with Crippen LogP contribution in [0.25, 0.3) is 11.4 Å². The van der Waals surface area contributed by atoms with E-state index in [4.69, 9.17) is 16.3 Å². The van der Waals surface area contributed by atoms with Gasteiger partial charge in [0.1, 0.15) is 5.69 Å². The molecule has 0 amide bonds. The van der Waals surface area contributed by atoms with Gasteiger partial charge in [0.2, 0.25) is 0 Å². The molecule has 20 heavy (non-hydrogen) atoms. The first-order chi connectivity index (χ1) is 9.74. The number of rotatable bonds is 2. The summed E-state index contributed by atoms with van der Waals surface area (Å²) < 4.78 is 5.37. The molecule has 1 aliphatic rings. The molecule has 0 unspecified atom stereocenters. The van der Waals surface area contributed by atoms with Gasteiger partial charge in [-0.05, 0) is 19.1 Å². The van der Waals surface area contributed by atoms with Crippen molar-refractivity contribution in [2.24, 2.45) is 0 Å². The lowest BCUT2D eigenvalue weighted by atomic mass is 10.2. The van der Waals surface area contributed by atoms with Crippen LogP contribution in [-0.4, -0.2) is 41.5 Å². The summed E-state index contributed by atoms with van der Waals surface area (Å²) in [7, 11) is 0. The van der Waals surface area contributed by atoms with Crippen LogP contribution in [0.1, 0.15) is 5.69 Å². The van der Waals surface area contributed by atoms with Crippen LogP contribution >= 0.6 is 11.6 Å². The molecule has 3 rings (SSSR count). The topological polar surface area (TPSA) is 51.1 Å². The molecule has 0 aliphatic carbocycles. The summed E-state index contributed by atoms with van der Waals surface area (Å²) in [5.41, 5.74) is 1.71. The zero-order valence-corrected chi connectivity index (χ0v) is 12.0. The highest BCUT2D eigenvalue weighted by Crippen LogP contribution is 2.23. The molecular weight excluding hydrogens is 276 g/mol. The van der Waals surface area contributed by atoms with Crippen LogP contribution in [-0.2, 0) is 4.74 Å². The molecule has 1 aliphatic heterocycles. The van der Waals surface area contributed by atoms with Crippen LogP contribution in [0.3, 0.4) is 0 Å². The highest BCUT2D eigenvalue weighted by atomic mass is 35.5. The maximum absolute atomic E-state index is 6.01. The van der Waals surface area contributed by atoms with Gasteiger partial charge < -0.3 is 9.64 Å². The summed E-state index contributed by atoms with van der Waals surface area (Å²) in [6, 6.07) is 7.49. The first kappa shape index (κ1) is 13.3. The van der Waals surface area contributed by atoms with Crippen molar-refractivity contribution in [2.45, 2.75) is 6.92 Å². The minimum absolute atomic E-state index is 0.597. The Morgan fingerprint density at radius 2 is 2.00 bits per heavy atom. The quantitative estimate of drug-likeness (QED) is 0.850.